The lowest BCUT2D eigenvalue weighted by Crippen LogP contribution is -2.27. The molecule has 196 valence electrons. The maximum absolute atomic E-state index is 13.1. The van der Waals surface area contributed by atoms with Crippen LogP contribution in [-0.2, 0) is 15.8 Å². The van der Waals surface area contributed by atoms with Gasteiger partial charge in [-0.3, -0.25) is 14.5 Å². The molecule has 2 amide bonds. The minimum atomic E-state index is -4.52. The zero-order valence-electron chi connectivity index (χ0n) is 20.1. The highest BCUT2D eigenvalue weighted by Crippen LogP contribution is 2.37. The molecule has 0 radical (unpaired) electrons. The first-order valence-corrected chi connectivity index (χ1v) is 12.8. The summed E-state index contributed by atoms with van der Waals surface area (Å²) < 4.78 is 44.4. The summed E-state index contributed by atoms with van der Waals surface area (Å²) in [5, 5.41) is 2.55. The second-order valence-corrected chi connectivity index (χ2v) is 10.5. The number of aryl methyl sites for hydroxylation is 2. The summed E-state index contributed by atoms with van der Waals surface area (Å²) in [6.07, 6.45) is -2.86. The van der Waals surface area contributed by atoms with Crippen LogP contribution in [0.15, 0.2) is 65.6 Å². The van der Waals surface area contributed by atoms with Crippen molar-refractivity contribution in [2.24, 2.45) is 0 Å². The van der Waals surface area contributed by atoms with Gasteiger partial charge >= 0.3 is 6.18 Å². The van der Waals surface area contributed by atoms with Gasteiger partial charge in [0.2, 0.25) is 0 Å². The Bertz CT molecular complexity index is 1470. The number of halogens is 4. The third-order valence-corrected chi connectivity index (χ3v) is 7.23. The van der Waals surface area contributed by atoms with Gasteiger partial charge in [0.05, 0.1) is 21.2 Å². The van der Waals surface area contributed by atoms with E-state index in [1.807, 2.05) is 32.0 Å². The third kappa shape index (κ3) is 6.38. The quantitative estimate of drug-likeness (QED) is 0.245. The van der Waals surface area contributed by atoms with Gasteiger partial charge in [-0.2, -0.15) is 13.2 Å². The van der Waals surface area contributed by atoms with Crippen molar-refractivity contribution in [2.75, 3.05) is 16.8 Å². The zero-order valence-corrected chi connectivity index (χ0v) is 22.4. The highest BCUT2D eigenvalue weighted by molar-refractivity contribution is 8.27. The Labute approximate surface area is 231 Å². The first kappa shape index (κ1) is 27.7. The van der Waals surface area contributed by atoms with Crippen molar-refractivity contribution in [3.63, 3.8) is 0 Å². The normalized spacial score (nSPS) is 14.8. The van der Waals surface area contributed by atoms with Gasteiger partial charge < -0.3 is 10.1 Å². The molecule has 0 atom stereocenters. The highest BCUT2D eigenvalue weighted by atomic mass is 35.5. The van der Waals surface area contributed by atoms with E-state index in [-0.39, 0.29) is 22.4 Å². The van der Waals surface area contributed by atoms with Gasteiger partial charge in [0.25, 0.3) is 11.8 Å². The maximum Gasteiger partial charge on any atom is 0.416 e. The minimum Gasteiger partial charge on any atom is -0.482 e. The molecule has 1 heterocycles. The number of carbonyl (C=O) groups is 2. The molecule has 0 bridgehead atoms. The number of ether oxygens (including phenoxy) is 1. The van der Waals surface area contributed by atoms with Gasteiger partial charge in [0.15, 0.2) is 10.9 Å². The molecule has 4 rings (SSSR count). The Hall–Kier alpha value is -3.34. The summed E-state index contributed by atoms with van der Waals surface area (Å²) in [6.45, 7) is 3.49. The Morgan fingerprint density at radius 3 is 2.55 bits per heavy atom. The number of hydrogen-bond acceptors (Lipinski definition) is 5. The van der Waals surface area contributed by atoms with Crippen molar-refractivity contribution in [1.82, 2.24) is 0 Å². The molecule has 0 saturated carbocycles. The van der Waals surface area contributed by atoms with Gasteiger partial charge in [0.1, 0.15) is 5.75 Å². The lowest BCUT2D eigenvalue weighted by atomic mass is 10.1. The van der Waals surface area contributed by atoms with Crippen LogP contribution in [0.1, 0.15) is 22.3 Å². The molecule has 1 fully saturated rings. The third-order valence-electron chi connectivity index (χ3n) is 5.63. The molecule has 0 spiro atoms. The van der Waals surface area contributed by atoms with Crippen LogP contribution in [0.4, 0.5) is 24.5 Å². The van der Waals surface area contributed by atoms with Gasteiger partial charge in [-0.05, 0) is 79.1 Å². The zero-order chi connectivity index (χ0) is 27.6. The number of nitrogens with one attached hydrogen (secondary N) is 1. The van der Waals surface area contributed by atoms with Crippen LogP contribution in [0.2, 0.25) is 5.02 Å². The van der Waals surface area contributed by atoms with Gasteiger partial charge in [-0.1, -0.05) is 53.8 Å². The van der Waals surface area contributed by atoms with E-state index in [1.54, 1.807) is 18.2 Å². The number of hydrogen-bond donors (Lipinski definition) is 1. The number of nitrogens with zero attached hydrogens (tertiary/aromatic N) is 1. The average Bonchev–Trinajstić information content (AvgIpc) is 3.12. The molecule has 11 heteroatoms. The topological polar surface area (TPSA) is 58.6 Å². The maximum atomic E-state index is 13.1. The minimum absolute atomic E-state index is 0.00650. The Kier molecular flexibility index (Phi) is 8.15. The highest BCUT2D eigenvalue weighted by Gasteiger charge is 2.33. The molecular weight excluding hydrogens is 557 g/mol. The van der Waals surface area contributed by atoms with E-state index in [4.69, 9.17) is 28.6 Å². The van der Waals surface area contributed by atoms with Crippen LogP contribution in [0.3, 0.4) is 0 Å². The number of amides is 2. The van der Waals surface area contributed by atoms with Gasteiger partial charge in [-0.15, -0.1) is 0 Å². The molecule has 1 N–H and O–H groups in total. The predicted molar refractivity (Wildman–Crippen MR) is 149 cm³/mol. The summed E-state index contributed by atoms with van der Waals surface area (Å²) in [6, 6.07) is 14.8. The van der Waals surface area contributed by atoms with Crippen molar-refractivity contribution < 1.29 is 27.5 Å². The van der Waals surface area contributed by atoms with Crippen LogP contribution in [0.5, 0.6) is 5.75 Å². The molecule has 38 heavy (non-hydrogen) atoms. The Morgan fingerprint density at radius 2 is 1.87 bits per heavy atom. The van der Waals surface area contributed by atoms with E-state index in [9.17, 15) is 22.8 Å². The number of rotatable bonds is 6. The average molecular weight is 577 g/mol. The van der Waals surface area contributed by atoms with Crippen LogP contribution in [0, 0.1) is 13.8 Å². The standard InChI is InChI=1S/C27H20ClF3N2O3S2/c1-15-6-8-20(10-16(15)2)33-25(35)23(38-26(33)37)12-17-7-9-22(21(28)11-17)36-14-24(34)32-19-5-3-4-18(13-19)27(29,30)31/h3-13H,14H2,1-2H3,(H,32,34)/b23-12-. The van der Waals surface area contributed by atoms with E-state index in [1.165, 1.54) is 34.9 Å². The molecule has 1 aliphatic heterocycles. The Morgan fingerprint density at radius 1 is 1.11 bits per heavy atom. The van der Waals surface area contributed by atoms with Gasteiger partial charge in [-0.25, -0.2) is 0 Å². The smallest absolute Gasteiger partial charge is 0.416 e. The molecule has 5 nitrogen and oxygen atoms in total. The van der Waals surface area contributed by atoms with Crippen molar-refractivity contribution in [3.05, 3.63) is 92.8 Å². The molecule has 1 aliphatic rings. The Balaban J connectivity index is 1.41. The fraction of sp³-hybridized carbons (Fsp3) is 0.148. The molecule has 0 unspecified atom stereocenters. The first-order valence-electron chi connectivity index (χ1n) is 11.2. The van der Waals surface area contributed by atoms with Crippen molar-refractivity contribution in [3.8, 4) is 5.75 Å². The second-order valence-electron chi connectivity index (χ2n) is 8.39. The van der Waals surface area contributed by atoms with E-state index < -0.39 is 24.3 Å². The van der Waals surface area contributed by atoms with Crippen LogP contribution < -0.4 is 15.0 Å². The van der Waals surface area contributed by atoms with Crippen molar-refractivity contribution in [1.29, 1.82) is 0 Å². The monoisotopic (exact) mass is 576 g/mol. The van der Waals surface area contributed by atoms with Crippen LogP contribution >= 0.6 is 35.6 Å². The summed E-state index contributed by atoms with van der Waals surface area (Å²) in [5.41, 5.74) is 2.60. The van der Waals surface area contributed by atoms with Crippen LogP contribution in [0.25, 0.3) is 6.08 Å². The van der Waals surface area contributed by atoms with E-state index in [2.05, 4.69) is 5.32 Å². The fourth-order valence-corrected chi connectivity index (χ4v) is 5.09. The first-order chi connectivity index (χ1) is 17.9. The van der Waals surface area contributed by atoms with E-state index in [0.29, 0.717) is 20.5 Å². The molecule has 0 aliphatic carbocycles. The van der Waals surface area contributed by atoms with E-state index >= 15 is 0 Å². The molecule has 3 aromatic rings. The number of thiocarbonyl (C=S) groups is 1. The number of alkyl halides is 3. The predicted octanol–water partition coefficient (Wildman–Crippen LogP) is 7.40. The molecule has 1 saturated heterocycles. The SMILES string of the molecule is Cc1ccc(N2C(=O)/C(=C/c3ccc(OCC(=O)Nc4cccc(C(F)(F)F)c4)c(Cl)c3)SC2=S)cc1C. The number of anilines is 2. The molecular formula is C27H20ClF3N2O3S2. The lowest BCUT2D eigenvalue weighted by molar-refractivity contribution is -0.137. The second kappa shape index (κ2) is 11.2. The van der Waals surface area contributed by atoms with Crippen LogP contribution in [-0.4, -0.2) is 22.7 Å². The van der Waals surface area contributed by atoms with Crippen molar-refractivity contribution >= 4 is 69.2 Å². The number of benzene rings is 3. The number of carbonyl (C=O) groups excluding carboxylic acids is 2. The number of thioether (sulfide) groups is 1. The summed E-state index contributed by atoms with van der Waals surface area (Å²) in [5.74, 6) is -0.698. The summed E-state index contributed by atoms with van der Waals surface area (Å²) in [4.78, 5) is 27.2. The lowest BCUT2D eigenvalue weighted by Gasteiger charge is -2.15. The van der Waals surface area contributed by atoms with Crippen molar-refractivity contribution in [2.45, 2.75) is 20.0 Å². The van der Waals surface area contributed by atoms with E-state index in [0.717, 1.165) is 23.3 Å². The largest absolute Gasteiger partial charge is 0.482 e. The summed E-state index contributed by atoms with van der Waals surface area (Å²) >= 11 is 12.9. The van der Waals surface area contributed by atoms with Gasteiger partial charge in [0, 0.05) is 5.69 Å². The summed E-state index contributed by atoms with van der Waals surface area (Å²) in [7, 11) is 0. The molecule has 3 aromatic carbocycles. The molecule has 0 aromatic heterocycles. The fourth-order valence-electron chi connectivity index (χ4n) is 3.54.